The predicted octanol–water partition coefficient (Wildman–Crippen LogP) is 6.06. The van der Waals surface area contributed by atoms with Crippen LogP contribution in [0.1, 0.15) is 5.56 Å². The summed E-state index contributed by atoms with van der Waals surface area (Å²) in [7, 11) is 0. The largest absolute Gasteiger partial charge is 0.350 e. The van der Waals surface area contributed by atoms with Gasteiger partial charge in [-0.2, -0.15) is 0 Å². The lowest BCUT2D eigenvalue weighted by molar-refractivity contribution is -0.121. The summed E-state index contributed by atoms with van der Waals surface area (Å²) < 4.78 is 2.06. The van der Waals surface area contributed by atoms with Crippen molar-refractivity contribution in [2.45, 2.75) is 18.0 Å². The van der Waals surface area contributed by atoms with Crippen LogP contribution in [-0.2, 0) is 17.9 Å². The van der Waals surface area contributed by atoms with Gasteiger partial charge < -0.3 is 9.88 Å². The molecule has 0 radical (unpaired) electrons. The summed E-state index contributed by atoms with van der Waals surface area (Å²) in [5.41, 5.74) is 3.13. The van der Waals surface area contributed by atoms with Crippen LogP contribution in [-0.4, -0.2) is 16.7 Å². The number of nitrogens with one attached hydrogen (secondary N) is 1. The van der Waals surface area contributed by atoms with Gasteiger partial charge in [-0.25, -0.2) is 0 Å². The number of benzene rings is 2. The molecule has 0 bridgehead atoms. The van der Waals surface area contributed by atoms with Gasteiger partial charge in [0.15, 0.2) is 0 Å². The molecule has 0 aliphatic rings. The van der Waals surface area contributed by atoms with Gasteiger partial charge in [-0.15, -0.1) is 23.1 Å². The fourth-order valence-corrected chi connectivity index (χ4v) is 4.52. The number of aromatic nitrogens is 1. The Morgan fingerprint density at radius 1 is 1.14 bits per heavy atom. The Bertz CT molecular complexity index is 1100. The molecule has 0 saturated carbocycles. The summed E-state index contributed by atoms with van der Waals surface area (Å²) in [5.74, 6) is -0.0146. The molecular formula is C22H19ClN2OS2. The Morgan fingerprint density at radius 2 is 1.96 bits per heavy atom. The van der Waals surface area contributed by atoms with E-state index >= 15 is 0 Å². The van der Waals surface area contributed by atoms with Crippen molar-refractivity contribution in [1.29, 1.82) is 0 Å². The Morgan fingerprint density at radius 3 is 2.68 bits per heavy atom. The Balaban J connectivity index is 1.56. The molecule has 0 spiro atoms. The van der Waals surface area contributed by atoms with Gasteiger partial charge in [-0.3, -0.25) is 4.79 Å². The molecule has 1 N–H and O–H groups in total. The summed E-state index contributed by atoms with van der Waals surface area (Å²) in [4.78, 5) is 15.0. The molecule has 2 aromatic heterocycles. The van der Waals surface area contributed by atoms with E-state index in [1.54, 1.807) is 23.1 Å². The van der Waals surface area contributed by atoms with E-state index in [-0.39, 0.29) is 12.5 Å². The Kier molecular flexibility index (Phi) is 5.76. The quantitative estimate of drug-likeness (QED) is 0.380. The number of rotatable bonds is 6. The predicted molar refractivity (Wildman–Crippen MR) is 120 cm³/mol. The highest BCUT2D eigenvalue weighted by molar-refractivity contribution is 7.98. The number of thioether (sulfide) groups is 1. The first-order chi connectivity index (χ1) is 13.6. The van der Waals surface area contributed by atoms with Crippen LogP contribution in [0.25, 0.3) is 21.5 Å². The van der Waals surface area contributed by atoms with E-state index < -0.39 is 0 Å². The SMILES string of the molecule is CSc1ccc(CNC(=O)Cn2c(-c3cccs3)cc3cc(Cl)ccc32)cc1. The van der Waals surface area contributed by atoms with E-state index in [2.05, 4.69) is 52.5 Å². The maximum absolute atomic E-state index is 12.7. The first kappa shape index (κ1) is 19.1. The Labute approximate surface area is 177 Å². The van der Waals surface area contributed by atoms with Gasteiger partial charge in [0.25, 0.3) is 0 Å². The van der Waals surface area contributed by atoms with E-state index in [0.29, 0.717) is 11.6 Å². The molecule has 0 aliphatic heterocycles. The molecule has 0 saturated heterocycles. The fourth-order valence-electron chi connectivity index (χ4n) is 3.18. The highest BCUT2D eigenvalue weighted by Gasteiger charge is 2.14. The highest BCUT2D eigenvalue weighted by Crippen LogP contribution is 2.32. The van der Waals surface area contributed by atoms with Crippen LogP contribution in [0.5, 0.6) is 0 Å². The van der Waals surface area contributed by atoms with Crippen molar-refractivity contribution in [3.8, 4) is 10.6 Å². The monoisotopic (exact) mass is 426 g/mol. The summed E-state index contributed by atoms with van der Waals surface area (Å²) in [6.07, 6.45) is 2.05. The molecule has 1 amide bonds. The average molecular weight is 427 g/mol. The van der Waals surface area contributed by atoms with Gasteiger partial charge in [-0.05, 0) is 59.7 Å². The van der Waals surface area contributed by atoms with Gasteiger partial charge in [-0.1, -0.05) is 29.8 Å². The Hall–Kier alpha value is -2.21. The van der Waals surface area contributed by atoms with E-state index in [4.69, 9.17) is 11.6 Å². The van der Waals surface area contributed by atoms with Gasteiger partial charge in [0.2, 0.25) is 5.91 Å². The first-order valence-electron chi connectivity index (χ1n) is 8.86. The van der Waals surface area contributed by atoms with Crippen LogP contribution < -0.4 is 5.32 Å². The maximum atomic E-state index is 12.7. The summed E-state index contributed by atoms with van der Waals surface area (Å²) in [6, 6.07) is 20.2. The third-order valence-corrected chi connectivity index (χ3v) is 6.46. The zero-order valence-electron chi connectivity index (χ0n) is 15.3. The molecule has 28 heavy (non-hydrogen) atoms. The topological polar surface area (TPSA) is 34.0 Å². The van der Waals surface area contributed by atoms with Crippen molar-refractivity contribution in [1.82, 2.24) is 9.88 Å². The van der Waals surface area contributed by atoms with Crippen molar-refractivity contribution in [3.05, 3.63) is 76.6 Å². The van der Waals surface area contributed by atoms with Crippen LogP contribution in [0.2, 0.25) is 5.02 Å². The van der Waals surface area contributed by atoms with Crippen LogP contribution in [0.3, 0.4) is 0 Å². The molecule has 0 unspecified atom stereocenters. The summed E-state index contributed by atoms with van der Waals surface area (Å²) >= 11 is 9.53. The fraction of sp³-hybridized carbons (Fsp3) is 0.136. The molecule has 0 aliphatic carbocycles. The molecule has 0 atom stereocenters. The molecular weight excluding hydrogens is 408 g/mol. The van der Waals surface area contributed by atoms with E-state index in [1.807, 2.05) is 29.6 Å². The van der Waals surface area contributed by atoms with Crippen molar-refractivity contribution in [3.63, 3.8) is 0 Å². The average Bonchev–Trinajstić information content (AvgIpc) is 3.35. The number of nitrogens with zero attached hydrogens (tertiary/aromatic N) is 1. The molecule has 2 aromatic carbocycles. The second-order valence-electron chi connectivity index (χ2n) is 6.42. The minimum Gasteiger partial charge on any atom is -0.350 e. The second kappa shape index (κ2) is 8.43. The van der Waals surface area contributed by atoms with Crippen molar-refractivity contribution < 1.29 is 4.79 Å². The number of fused-ring (bicyclic) bond motifs is 1. The lowest BCUT2D eigenvalue weighted by Gasteiger charge is -2.11. The minimum absolute atomic E-state index is 0.0146. The standard InChI is InChI=1S/C22H19ClN2OS2/c1-27-18-7-4-15(5-8-18)13-24-22(26)14-25-19-9-6-17(23)11-16(19)12-20(25)21-3-2-10-28-21/h2-12H,13-14H2,1H3,(H,24,26). The third-order valence-electron chi connectivity index (χ3n) is 4.59. The summed E-state index contributed by atoms with van der Waals surface area (Å²) in [5, 5.41) is 6.81. The number of hydrogen-bond donors (Lipinski definition) is 1. The van der Waals surface area contributed by atoms with Gasteiger partial charge in [0.1, 0.15) is 6.54 Å². The number of halogens is 1. The zero-order valence-corrected chi connectivity index (χ0v) is 17.7. The molecule has 0 fully saturated rings. The van der Waals surface area contributed by atoms with Gasteiger partial charge >= 0.3 is 0 Å². The normalized spacial score (nSPS) is 11.1. The molecule has 4 rings (SSSR count). The van der Waals surface area contributed by atoms with Gasteiger partial charge in [0, 0.05) is 27.4 Å². The smallest absolute Gasteiger partial charge is 0.240 e. The molecule has 2 heterocycles. The zero-order chi connectivity index (χ0) is 19.5. The lowest BCUT2D eigenvalue weighted by atomic mass is 10.2. The second-order valence-corrected chi connectivity index (χ2v) is 8.68. The first-order valence-corrected chi connectivity index (χ1v) is 11.3. The number of carbonyl (C=O) groups excluding carboxylic acids is 1. The van der Waals surface area contributed by atoms with Crippen molar-refractivity contribution in [2.24, 2.45) is 0 Å². The lowest BCUT2D eigenvalue weighted by Crippen LogP contribution is -2.27. The molecule has 3 nitrogen and oxygen atoms in total. The van der Waals surface area contributed by atoms with Crippen molar-refractivity contribution >= 4 is 51.5 Å². The highest BCUT2D eigenvalue weighted by atomic mass is 35.5. The number of hydrogen-bond acceptors (Lipinski definition) is 3. The third kappa shape index (κ3) is 4.12. The molecule has 142 valence electrons. The van der Waals surface area contributed by atoms with Crippen LogP contribution in [0.4, 0.5) is 0 Å². The summed E-state index contributed by atoms with van der Waals surface area (Å²) in [6.45, 7) is 0.786. The number of amides is 1. The minimum atomic E-state index is -0.0146. The molecule has 6 heteroatoms. The van der Waals surface area contributed by atoms with Crippen LogP contribution >= 0.6 is 34.7 Å². The van der Waals surface area contributed by atoms with Gasteiger partial charge in [0.05, 0.1) is 10.6 Å². The number of thiophene rings is 1. The van der Waals surface area contributed by atoms with E-state index in [9.17, 15) is 4.79 Å². The van der Waals surface area contributed by atoms with E-state index in [0.717, 1.165) is 27.0 Å². The van der Waals surface area contributed by atoms with Crippen molar-refractivity contribution in [2.75, 3.05) is 6.26 Å². The maximum Gasteiger partial charge on any atom is 0.240 e. The van der Waals surface area contributed by atoms with E-state index in [1.165, 1.54) is 4.90 Å². The van der Waals surface area contributed by atoms with Crippen LogP contribution in [0.15, 0.2) is 70.9 Å². The molecule has 4 aromatic rings. The number of carbonyl (C=O) groups is 1. The van der Waals surface area contributed by atoms with Crippen LogP contribution in [0, 0.1) is 0 Å².